The zero-order chi connectivity index (χ0) is 26.8. The zero-order valence-electron chi connectivity index (χ0n) is 20.1. The molecule has 1 aliphatic heterocycles. The number of phenols is 1. The maximum atomic E-state index is 13.8. The number of nitro groups is 1. The summed E-state index contributed by atoms with van der Waals surface area (Å²) in [5, 5.41) is 21.6. The second kappa shape index (κ2) is 10.3. The van der Waals surface area contributed by atoms with Crippen molar-refractivity contribution in [2.45, 2.75) is 13.0 Å². The Balaban J connectivity index is 1.82. The van der Waals surface area contributed by atoms with Gasteiger partial charge in [-0.2, -0.15) is 0 Å². The minimum Gasteiger partial charge on any atom is -0.507 e. The molecule has 1 aromatic heterocycles. The van der Waals surface area contributed by atoms with Crippen LogP contribution in [0, 0.1) is 10.1 Å². The number of hydrogen-bond acceptors (Lipinski definition) is 8. The third-order valence-corrected chi connectivity index (χ3v) is 6.98. The SMILES string of the molecule is CCOC(=O)C1=C(c2ccccc2)N=c2s/c(=C\c3cc([N+](=O)[O-])ccc3O)c(=O)n2[C@H]1c1ccccc1. The van der Waals surface area contributed by atoms with Crippen LogP contribution >= 0.6 is 11.3 Å². The molecular formula is C28H21N3O6S. The molecule has 0 aliphatic carbocycles. The lowest BCUT2D eigenvalue weighted by Gasteiger charge is -2.25. The Bertz CT molecular complexity index is 1760. The van der Waals surface area contributed by atoms with Gasteiger partial charge in [-0.05, 0) is 24.6 Å². The maximum Gasteiger partial charge on any atom is 0.338 e. The van der Waals surface area contributed by atoms with Crippen molar-refractivity contribution in [2.75, 3.05) is 6.61 Å². The van der Waals surface area contributed by atoms with Crippen LogP contribution in [0.25, 0.3) is 11.8 Å². The van der Waals surface area contributed by atoms with E-state index in [0.717, 1.165) is 11.3 Å². The van der Waals surface area contributed by atoms with Gasteiger partial charge < -0.3 is 9.84 Å². The molecule has 9 nitrogen and oxygen atoms in total. The third kappa shape index (κ3) is 4.53. The highest BCUT2D eigenvalue weighted by Gasteiger charge is 2.35. The van der Waals surface area contributed by atoms with Crippen LogP contribution in [0.4, 0.5) is 5.69 Å². The van der Waals surface area contributed by atoms with Crippen LogP contribution in [0.2, 0.25) is 0 Å². The van der Waals surface area contributed by atoms with Crippen molar-refractivity contribution in [3.05, 3.63) is 131 Å². The smallest absolute Gasteiger partial charge is 0.338 e. The number of esters is 1. The standard InChI is InChI=1S/C28H21N3O6S/c1-2-37-27(34)23-24(17-9-5-3-6-10-17)29-28-30(25(23)18-11-7-4-8-12-18)26(33)22(38-28)16-19-15-20(31(35)36)13-14-21(19)32/h3-16,25,32H,2H2,1H3/b22-16-/t25-/m0/s1. The first-order chi connectivity index (χ1) is 18.4. The van der Waals surface area contributed by atoms with Crippen molar-refractivity contribution in [3.8, 4) is 5.75 Å². The number of carbonyl (C=O) groups excluding carboxylic acids is 1. The van der Waals surface area contributed by atoms with Crippen LogP contribution in [0.15, 0.2) is 94.2 Å². The molecule has 2 heterocycles. The fourth-order valence-corrected chi connectivity index (χ4v) is 5.30. The second-order valence-corrected chi connectivity index (χ2v) is 9.35. The predicted molar refractivity (Wildman–Crippen MR) is 142 cm³/mol. The summed E-state index contributed by atoms with van der Waals surface area (Å²) in [5.41, 5.74) is 1.43. The number of non-ortho nitro benzene ring substituents is 1. The van der Waals surface area contributed by atoms with Crippen LogP contribution in [0.3, 0.4) is 0 Å². The minimum absolute atomic E-state index is 0.119. The van der Waals surface area contributed by atoms with Crippen LogP contribution in [-0.4, -0.2) is 27.2 Å². The van der Waals surface area contributed by atoms with E-state index in [1.165, 1.54) is 28.8 Å². The van der Waals surface area contributed by atoms with E-state index in [9.17, 15) is 24.8 Å². The van der Waals surface area contributed by atoms with Gasteiger partial charge in [0.05, 0.1) is 33.4 Å². The fraction of sp³-hybridized carbons (Fsp3) is 0.107. The average Bonchev–Trinajstić information content (AvgIpc) is 3.24. The van der Waals surface area contributed by atoms with Gasteiger partial charge in [-0.25, -0.2) is 9.79 Å². The van der Waals surface area contributed by atoms with E-state index < -0.39 is 22.5 Å². The molecule has 0 fully saturated rings. The largest absolute Gasteiger partial charge is 0.507 e. The van der Waals surface area contributed by atoms with E-state index in [-0.39, 0.29) is 33.7 Å². The maximum absolute atomic E-state index is 13.8. The first kappa shape index (κ1) is 24.8. The number of carbonyl (C=O) groups is 1. The molecule has 0 unspecified atom stereocenters. The molecule has 0 amide bonds. The number of benzene rings is 3. The Morgan fingerprint density at radius 3 is 2.47 bits per heavy atom. The lowest BCUT2D eigenvalue weighted by molar-refractivity contribution is -0.384. The number of ether oxygens (including phenoxy) is 1. The van der Waals surface area contributed by atoms with Gasteiger partial charge in [0.25, 0.3) is 11.2 Å². The molecule has 1 N–H and O–H groups in total. The van der Waals surface area contributed by atoms with Gasteiger partial charge in [-0.15, -0.1) is 0 Å². The van der Waals surface area contributed by atoms with Crippen molar-refractivity contribution in [1.29, 1.82) is 0 Å². The molecular weight excluding hydrogens is 506 g/mol. The molecule has 1 atom stereocenters. The summed E-state index contributed by atoms with van der Waals surface area (Å²) >= 11 is 1.06. The van der Waals surface area contributed by atoms with Gasteiger partial charge in [0, 0.05) is 23.3 Å². The molecule has 0 saturated carbocycles. The minimum atomic E-state index is -0.831. The van der Waals surface area contributed by atoms with Crippen molar-refractivity contribution < 1.29 is 19.6 Å². The molecule has 190 valence electrons. The zero-order valence-corrected chi connectivity index (χ0v) is 20.9. The molecule has 3 aromatic carbocycles. The van der Waals surface area contributed by atoms with E-state index in [1.807, 2.05) is 60.7 Å². The lowest BCUT2D eigenvalue weighted by Crippen LogP contribution is -2.40. The summed E-state index contributed by atoms with van der Waals surface area (Å²) < 4.78 is 7.04. The van der Waals surface area contributed by atoms with Gasteiger partial charge in [0.2, 0.25) is 0 Å². The Labute approximate surface area is 220 Å². The molecule has 1 aliphatic rings. The van der Waals surface area contributed by atoms with Gasteiger partial charge in [0.15, 0.2) is 4.80 Å². The average molecular weight is 528 g/mol. The highest BCUT2D eigenvalue weighted by atomic mass is 32.1. The normalized spacial score (nSPS) is 15.1. The highest BCUT2D eigenvalue weighted by molar-refractivity contribution is 7.07. The van der Waals surface area contributed by atoms with Crippen molar-refractivity contribution in [3.63, 3.8) is 0 Å². The molecule has 0 saturated heterocycles. The fourth-order valence-electron chi connectivity index (χ4n) is 4.30. The molecule has 0 radical (unpaired) electrons. The van der Waals surface area contributed by atoms with E-state index >= 15 is 0 Å². The number of phenolic OH excluding ortho intramolecular Hbond substituents is 1. The Morgan fingerprint density at radius 2 is 1.82 bits per heavy atom. The summed E-state index contributed by atoms with van der Waals surface area (Å²) in [6, 6.07) is 21.0. The molecule has 38 heavy (non-hydrogen) atoms. The predicted octanol–water partition coefficient (Wildman–Crippen LogP) is 3.55. The van der Waals surface area contributed by atoms with Crippen LogP contribution < -0.4 is 14.9 Å². The van der Waals surface area contributed by atoms with Gasteiger partial charge in [-0.1, -0.05) is 72.0 Å². The highest BCUT2D eigenvalue weighted by Crippen LogP contribution is 2.35. The first-order valence-corrected chi connectivity index (χ1v) is 12.5. The molecule has 0 spiro atoms. The van der Waals surface area contributed by atoms with Crippen molar-refractivity contribution in [1.82, 2.24) is 4.57 Å². The number of rotatable bonds is 6. The molecule has 5 rings (SSSR count). The van der Waals surface area contributed by atoms with Gasteiger partial charge in [-0.3, -0.25) is 19.5 Å². The number of aromatic hydroxyl groups is 1. The second-order valence-electron chi connectivity index (χ2n) is 8.34. The van der Waals surface area contributed by atoms with Crippen molar-refractivity contribution >= 4 is 34.8 Å². The van der Waals surface area contributed by atoms with E-state index in [2.05, 4.69) is 0 Å². The van der Waals surface area contributed by atoms with Gasteiger partial charge in [0.1, 0.15) is 5.75 Å². The topological polar surface area (TPSA) is 124 Å². The summed E-state index contributed by atoms with van der Waals surface area (Å²) in [6.07, 6.45) is 1.39. The lowest BCUT2D eigenvalue weighted by atomic mass is 9.93. The van der Waals surface area contributed by atoms with E-state index in [1.54, 1.807) is 6.92 Å². The number of nitro benzene ring substituents is 1. The summed E-state index contributed by atoms with van der Waals surface area (Å²) in [6.45, 7) is 1.85. The molecule has 10 heteroatoms. The Morgan fingerprint density at radius 1 is 1.13 bits per heavy atom. The number of hydrogen-bond donors (Lipinski definition) is 1. The van der Waals surface area contributed by atoms with Crippen LogP contribution in [0.5, 0.6) is 5.75 Å². The summed E-state index contributed by atoms with van der Waals surface area (Å²) in [4.78, 5) is 42.9. The summed E-state index contributed by atoms with van der Waals surface area (Å²) in [5.74, 6) is -0.798. The molecule has 4 aromatic rings. The molecule has 0 bridgehead atoms. The third-order valence-electron chi connectivity index (χ3n) is 6.00. The van der Waals surface area contributed by atoms with Crippen LogP contribution in [-0.2, 0) is 9.53 Å². The quantitative estimate of drug-likeness (QED) is 0.232. The Kier molecular flexibility index (Phi) is 6.71. The van der Waals surface area contributed by atoms with Crippen molar-refractivity contribution in [2.24, 2.45) is 4.99 Å². The van der Waals surface area contributed by atoms with Gasteiger partial charge >= 0.3 is 5.97 Å². The number of aromatic nitrogens is 1. The number of fused-ring (bicyclic) bond motifs is 1. The number of thiazole rings is 1. The van der Waals surface area contributed by atoms with Crippen LogP contribution in [0.1, 0.15) is 29.7 Å². The van der Waals surface area contributed by atoms with E-state index in [4.69, 9.17) is 9.73 Å². The van der Waals surface area contributed by atoms with E-state index in [0.29, 0.717) is 21.6 Å². The summed E-state index contributed by atoms with van der Waals surface area (Å²) in [7, 11) is 0. The Hall–Kier alpha value is -4.83. The monoisotopic (exact) mass is 527 g/mol. The first-order valence-electron chi connectivity index (χ1n) is 11.7. The number of nitrogens with zero attached hydrogens (tertiary/aromatic N) is 3.